The molecular weight excluding hydrogens is 124 g/mol. The molecule has 1 N–H and O–H groups in total. The van der Waals surface area contributed by atoms with E-state index in [0.717, 1.165) is 12.8 Å². The van der Waals surface area contributed by atoms with Crippen LogP contribution in [-0.4, -0.2) is 12.3 Å². The van der Waals surface area contributed by atoms with E-state index in [1.54, 1.807) is 0 Å². The molecule has 2 heteroatoms. The number of allylic oxidation sites excluding steroid dienone is 1. The second-order valence-corrected chi connectivity index (χ2v) is 2.60. The molecule has 0 aromatic carbocycles. The standard InChI is InChI=1S/C8H10N2/c1-2-7-6-9-5-3-8(7)10-4-1/h1,4-6,8,10H,2-3H2. The highest BCUT2D eigenvalue weighted by Gasteiger charge is 2.15. The van der Waals surface area contributed by atoms with E-state index in [1.165, 1.54) is 5.57 Å². The maximum Gasteiger partial charge on any atom is 0.0538 e. The largest absolute Gasteiger partial charge is 0.384 e. The van der Waals surface area contributed by atoms with Crippen molar-refractivity contribution in [3.05, 3.63) is 24.0 Å². The Morgan fingerprint density at radius 1 is 1.60 bits per heavy atom. The van der Waals surface area contributed by atoms with E-state index >= 15 is 0 Å². The van der Waals surface area contributed by atoms with Gasteiger partial charge in [0.25, 0.3) is 0 Å². The third kappa shape index (κ3) is 0.856. The average Bonchev–Trinajstić information content (AvgIpc) is 2.05. The van der Waals surface area contributed by atoms with Crippen LogP contribution in [0.5, 0.6) is 0 Å². The van der Waals surface area contributed by atoms with Crippen LogP contribution in [0.1, 0.15) is 12.8 Å². The first kappa shape index (κ1) is 5.71. The lowest BCUT2D eigenvalue weighted by Crippen LogP contribution is -2.30. The second kappa shape index (κ2) is 2.29. The van der Waals surface area contributed by atoms with Crippen molar-refractivity contribution in [1.29, 1.82) is 0 Å². The molecule has 0 saturated heterocycles. The van der Waals surface area contributed by atoms with Gasteiger partial charge in [-0.15, -0.1) is 0 Å². The lowest BCUT2D eigenvalue weighted by Gasteiger charge is -2.23. The van der Waals surface area contributed by atoms with Crippen molar-refractivity contribution < 1.29 is 0 Å². The summed E-state index contributed by atoms with van der Waals surface area (Å²) in [6, 6.07) is 0.530. The molecule has 0 amide bonds. The van der Waals surface area contributed by atoms with E-state index < -0.39 is 0 Å². The fourth-order valence-corrected chi connectivity index (χ4v) is 1.31. The Bertz CT molecular complexity index is 213. The van der Waals surface area contributed by atoms with Crippen LogP contribution in [0.2, 0.25) is 0 Å². The molecule has 2 rings (SSSR count). The zero-order valence-corrected chi connectivity index (χ0v) is 5.75. The lowest BCUT2D eigenvalue weighted by atomic mass is 9.98. The van der Waals surface area contributed by atoms with E-state index in [2.05, 4.69) is 16.4 Å². The summed E-state index contributed by atoms with van der Waals surface area (Å²) in [6.07, 6.45) is 10.2. The Morgan fingerprint density at radius 3 is 3.50 bits per heavy atom. The fraction of sp³-hybridized carbons (Fsp3) is 0.375. The summed E-state index contributed by atoms with van der Waals surface area (Å²) >= 11 is 0. The molecule has 2 heterocycles. The van der Waals surface area contributed by atoms with E-state index in [9.17, 15) is 0 Å². The summed E-state index contributed by atoms with van der Waals surface area (Å²) in [6.45, 7) is 0. The number of hydrogen-bond donors (Lipinski definition) is 1. The molecule has 2 nitrogen and oxygen atoms in total. The Kier molecular flexibility index (Phi) is 1.31. The Hall–Kier alpha value is -1.05. The average molecular weight is 134 g/mol. The van der Waals surface area contributed by atoms with Crippen molar-refractivity contribution >= 4 is 6.21 Å². The van der Waals surface area contributed by atoms with Crippen molar-refractivity contribution in [1.82, 2.24) is 5.32 Å². The summed E-state index contributed by atoms with van der Waals surface area (Å²) < 4.78 is 0. The minimum Gasteiger partial charge on any atom is -0.384 e. The van der Waals surface area contributed by atoms with E-state index in [-0.39, 0.29) is 0 Å². The first-order valence-corrected chi connectivity index (χ1v) is 3.58. The van der Waals surface area contributed by atoms with E-state index in [0.29, 0.717) is 6.04 Å². The van der Waals surface area contributed by atoms with Crippen molar-refractivity contribution in [3.63, 3.8) is 0 Å². The van der Waals surface area contributed by atoms with Gasteiger partial charge < -0.3 is 5.32 Å². The summed E-state index contributed by atoms with van der Waals surface area (Å²) in [4.78, 5) is 4.10. The normalized spacial score (nSPS) is 28.8. The van der Waals surface area contributed by atoms with Gasteiger partial charge in [0.15, 0.2) is 0 Å². The summed E-state index contributed by atoms with van der Waals surface area (Å²) in [5, 5.41) is 3.28. The molecule has 0 fully saturated rings. The molecule has 0 aromatic heterocycles. The van der Waals surface area contributed by atoms with Gasteiger partial charge in [-0.3, -0.25) is 4.99 Å². The van der Waals surface area contributed by atoms with Gasteiger partial charge in [0.2, 0.25) is 0 Å². The molecule has 1 atom stereocenters. The number of hydrogen-bond acceptors (Lipinski definition) is 2. The summed E-state index contributed by atoms with van der Waals surface area (Å²) in [5.74, 6) is 0. The number of fused-ring (bicyclic) bond motifs is 1. The highest BCUT2D eigenvalue weighted by molar-refractivity contribution is 5.62. The van der Waals surface area contributed by atoms with Crippen LogP contribution in [0.25, 0.3) is 0 Å². The van der Waals surface area contributed by atoms with Crippen LogP contribution in [0.15, 0.2) is 29.0 Å². The zero-order valence-electron chi connectivity index (χ0n) is 5.75. The highest BCUT2D eigenvalue weighted by Crippen LogP contribution is 2.17. The van der Waals surface area contributed by atoms with Crippen molar-refractivity contribution in [2.45, 2.75) is 18.9 Å². The van der Waals surface area contributed by atoms with Gasteiger partial charge in [0.05, 0.1) is 6.04 Å². The van der Waals surface area contributed by atoms with Crippen LogP contribution in [0.4, 0.5) is 0 Å². The van der Waals surface area contributed by atoms with Gasteiger partial charge in [0.1, 0.15) is 0 Å². The Labute approximate surface area is 60.3 Å². The van der Waals surface area contributed by atoms with Crippen LogP contribution in [0, 0.1) is 0 Å². The second-order valence-electron chi connectivity index (χ2n) is 2.60. The SMILES string of the molecule is C1=CNC2CC=NC=C2C1. The van der Waals surface area contributed by atoms with Crippen molar-refractivity contribution in [3.8, 4) is 0 Å². The third-order valence-corrected chi connectivity index (χ3v) is 1.90. The summed E-state index contributed by atoms with van der Waals surface area (Å²) in [5.41, 5.74) is 1.41. The molecule has 0 saturated carbocycles. The van der Waals surface area contributed by atoms with Gasteiger partial charge in [0, 0.05) is 18.8 Å². The predicted molar refractivity (Wildman–Crippen MR) is 41.9 cm³/mol. The third-order valence-electron chi connectivity index (χ3n) is 1.90. The quantitative estimate of drug-likeness (QED) is 0.529. The van der Waals surface area contributed by atoms with Crippen LogP contribution < -0.4 is 5.32 Å². The first-order chi connectivity index (χ1) is 4.97. The van der Waals surface area contributed by atoms with Crippen molar-refractivity contribution in [2.24, 2.45) is 4.99 Å². The van der Waals surface area contributed by atoms with Gasteiger partial charge >= 0.3 is 0 Å². The van der Waals surface area contributed by atoms with Gasteiger partial charge in [-0.2, -0.15) is 0 Å². The summed E-state index contributed by atoms with van der Waals surface area (Å²) in [7, 11) is 0. The van der Waals surface area contributed by atoms with Crippen LogP contribution in [0.3, 0.4) is 0 Å². The molecule has 10 heavy (non-hydrogen) atoms. The van der Waals surface area contributed by atoms with Gasteiger partial charge in [-0.05, 0) is 18.2 Å². The van der Waals surface area contributed by atoms with Crippen LogP contribution in [-0.2, 0) is 0 Å². The maximum atomic E-state index is 4.10. The number of nitrogens with zero attached hydrogens (tertiary/aromatic N) is 1. The minimum atomic E-state index is 0.530. The molecule has 2 aliphatic heterocycles. The molecular formula is C8H10N2. The first-order valence-electron chi connectivity index (χ1n) is 3.58. The molecule has 2 aliphatic rings. The number of rotatable bonds is 0. The van der Waals surface area contributed by atoms with E-state index in [1.807, 2.05) is 18.6 Å². The zero-order chi connectivity index (χ0) is 6.81. The lowest BCUT2D eigenvalue weighted by molar-refractivity contribution is 0.650. The Balaban J connectivity index is 2.23. The monoisotopic (exact) mass is 134 g/mol. The fourth-order valence-electron chi connectivity index (χ4n) is 1.31. The van der Waals surface area contributed by atoms with Gasteiger partial charge in [-0.1, -0.05) is 6.08 Å². The smallest absolute Gasteiger partial charge is 0.0538 e. The van der Waals surface area contributed by atoms with Crippen LogP contribution >= 0.6 is 0 Å². The molecule has 0 radical (unpaired) electrons. The molecule has 52 valence electrons. The minimum absolute atomic E-state index is 0.530. The van der Waals surface area contributed by atoms with E-state index in [4.69, 9.17) is 0 Å². The Morgan fingerprint density at radius 2 is 2.60 bits per heavy atom. The highest BCUT2D eigenvalue weighted by atomic mass is 14.9. The predicted octanol–water partition coefficient (Wildman–Crippen LogP) is 1.22. The molecule has 0 aromatic rings. The molecule has 0 bridgehead atoms. The van der Waals surface area contributed by atoms with Crippen molar-refractivity contribution in [2.75, 3.05) is 0 Å². The number of aliphatic imine (C=N–C) groups is 1. The van der Waals surface area contributed by atoms with Gasteiger partial charge in [-0.25, -0.2) is 0 Å². The number of nitrogens with one attached hydrogen (secondary N) is 1. The molecule has 0 aliphatic carbocycles. The topological polar surface area (TPSA) is 24.4 Å². The molecule has 0 spiro atoms. The maximum absolute atomic E-state index is 4.10. The molecule has 1 unspecified atom stereocenters.